The van der Waals surface area contributed by atoms with E-state index in [2.05, 4.69) is 16.6 Å². The molecule has 0 heterocycles. The number of ether oxygens (including phenoxy) is 2. The van der Waals surface area contributed by atoms with Crippen LogP contribution in [0.15, 0.2) is 77.9 Å². The summed E-state index contributed by atoms with van der Waals surface area (Å²) < 4.78 is 11.3. The van der Waals surface area contributed by atoms with Crippen LogP contribution in [0.1, 0.15) is 29.2 Å². The van der Waals surface area contributed by atoms with E-state index in [1.165, 1.54) is 0 Å². The summed E-state index contributed by atoms with van der Waals surface area (Å²) in [5.74, 6) is 1.17. The highest BCUT2D eigenvalue weighted by Gasteiger charge is 2.06. The van der Waals surface area contributed by atoms with Crippen molar-refractivity contribution in [2.45, 2.75) is 20.0 Å². The standard InChI is InChI=1S/C25H23N3O3/c1-2-30-23-13-11-19(12-14-23)15-25(29)28-27-17-21-8-5-6-10-24(21)31-18-22-9-4-3-7-20(22)16-26/h3-14,17H,2,15,18H2,1H3,(H,28,29)/b27-17-. The SMILES string of the molecule is CCOc1ccc(CC(=O)N/N=C\c2ccccc2OCc2ccccc2C#N)cc1. The monoisotopic (exact) mass is 413 g/mol. The number of para-hydroxylation sites is 1. The number of hydrazone groups is 1. The van der Waals surface area contributed by atoms with Crippen LogP contribution in [0.4, 0.5) is 0 Å². The lowest BCUT2D eigenvalue weighted by atomic mass is 10.1. The number of carbonyl (C=O) groups is 1. The Bertz CT molecular complexity index is 1090. The van der Waals surface area contributed by atoms with Gasteiger partial charge in [0.25, 0.3) is 0 Å². The summed E-state index contributed by atoms with van der Waals surface area (Å²) in [6, 6.07) is 24.2. The minimum absolute atomic E-state index is 0.215. The second-order valence-electron chi connectivity index (χ2n) is 6.64. The van der Waals surface area contributed by atoms with E-state index in [9.17, 15) is 10.1 Å². The number of carbonyl (C=O) groups excluding carboxylic acids is 1. The fraction of sp³-hybridized carbons (Fsp3) is 0.160. The number of amides is 1. The van der Waals surface area contributed by atoms with Gasteiger partial charge in [-0.2, -0.15) is 10.4 Å². The zero-order valence-electron chi connectivity index (χ0n) is 17.2. The summed E-state index contributed by atoms with van der Waals surface area (Å²) >= 11 is 0. The lowest BCUT2D eigenvalue weighted by Gasteiger charge is -2.10. The molecule has 1 amide bonds. The zero-order valence-corrected chi connectivity index (χ0v) is 17.2. The molecule has 0 aliphatic rings. The second-order valence-corrected chi connectivity index (χ2v) is 6.64. The van der Waals surface area contributed by atoms with E-state index in [4.69, 9.17) is 9.47 Å². The van der Waals surface area contributed by atoms with Crippen LogP contribution >= 0.6 is 0 Å². The lowest BCUT2D eigenvalue weighted by Crippen LogP contribution is -2.19. The number of benzene rings is 3. The lowest BCUT2D eigenvalue weighted by molar-refractivity contribution is -0.120. The van der Waals surface area contributed by atoms with Gasteiger partial charge in [0, 0.05) is 11.1 Å². The van der Waals surface area contributed by atoms with Crippen molar-refractivity contribution in [2.75, 3.05) is 6.61 Å². The van der Waals surface area contributed by atoms with Gasteiger partial charge in [-0.1, -0.05) is 42.5 Å². The smallest absolute Gasteiger partial charge is 0.244 e. The van der Waals surface area contributed by atoms with E-state index in [0.29, 0.717) is 17.9 Å². The normalized spacial score (nSPS) is 10.5. The Hall–Kier alpha value is -4.11. The first-order valence-corrected chi connectivity index (χ1v) is 9.93. The maximum atomic E-state index is 12.2. The van der Waals surface area contributed by atoms with Gasteiger partial charge in [0.15, 0.2) is 0 Å². The third-order valence-corrected chi connectivity index (χ3v) is 4.43. The zero-order chi connectivity index (χ0) is 21.9. The molecule has 156 valence electrons. The molecule has 6 heteroatoms. The van der Waals surface area contributed by atoms with Gasteiger partial charge in [-0.3, -0.25) is 4.79 Å². The Morgan fingerprint density at radius 3 is 2.55 bits per heavy atom. The van der Waals surface area contributed by atoms with Gasteiger partial charge in [0.05, 0.1) is 30.9 Å². The molecule has 0 spiro atoms. The van der Waals surface area contributed by atoms with Gasteiger partial charge >= 0.3 is 0 Å². The summed E-state index contributed by atoms with van der Waals surface area (Å²) in [6.45, 7) is 2.79. The van der Waals surface area contributed by atoms with E-state index >= 15 is 0 Å². The molecule has 3 rings (SSSR count). The van der Waals surface area contributed by atoms with Gasteiger partial charge in [-0.05, 0) is 42.8 Å². The van der Waals surface area contributed by atoms with Crippen LogP contribution in [0.3, 0.4) is 0 Å². The predicted molar refractivity (Wildman–Crippen MR) is 119 cm³/mol. The Morgan fingerprint density at radius 2 is 1.77 bits per heavy atom. The summed E-state index contributed by atoms with van der Waals surface area (Å²) in [5.41, 5.74) is 5.52. The van der Waals surface area contributed by atoms with Crippen LogP contribution in [-0.2, 0) is 17.8 Å². The number of nitrogens with zero attached hydrogens (tertiary/aromatic N) is 2. The van der Waals surface area contributed by atoms with Crippen molar-refractivity contribution < 1.29 is 14.3 Å². The minimum Gasteiger partial charge on any atom is -0.494 e. The first-order valence-electron chi connectivity index (χ1n) is 9.93. The van der Waals surface area contributed by atoms with Crippen molar-refractivity contribution in [3.63, 3.8) is 0 Å². The summed E-state index contributed by atoms with van der Waals surface area (Å²) in [7, 11) is 0. The molecule has 0 aliphatic carbocycles. The maximum absolute atomic E-state index is 12.2. The van der Waals surface area contributed by atoms with Crippen LogP contribution in [0, 0.1) is 11.3 Å². The summed E-state index contributed by atoms with van der Waals surface area (Å²) in [6.07, 6.45) is 1.76. The highest BCUT2D eigenvalue weighted by Crippen LogP contribution is 2.19. The van der Waals surface area contributed by atoms with E-state index in [1.807, 2.05) is 73.7 Å². The van der Waals surface area contributed by atoms with Crippen molar-refractivity contribution in [1.29, 1.82) is 5.26 Å². The molecule has 0 aliphatic heterocycles. The topological polar surface area (TPSA) is 83.7 Å². The van der Waals surface area contributed by atoms with Crippen LogP contribution in [0.25, 0.3) is 0 Å². The second kappa shape index (κ2) is 11.2. The fourth-order valence-corrected chi connectivity index (χ4v) is 2.90. The first kappa shape index (κ1) is 21.6. The highest BCUT2D eigenvalue weighted by atomic mass is 16.5. The fourth-order valence-electron chi connectivity index (χ4n) is 2.90. The Labute approximate surface area is 181 Å². The van der Waals surface area contributed by atoms with Gasteiger partial charge in [-0.25, -0.2) is 5.43 Å². The van der Waals surface area contributed by atoms with E-state index in [0.717, 1.165) is 22.4 Å². The van der Waals surface area contributed by atoms with Gasteiger partial charge in [0.2, 0.25) is 5.91 Å². The molecule has 3 aromatic carbocycles. The molecule has 0 aromatic heterocycles. The largest absolute Gasteiger partial charge is 0.494 e. The van der Waals surface area contributed by atoms with Crippen LogP contribution in [-0.4, -0.2) is 18.7 Å². The predicted octanol–water partition coefficient (Wildman–Crippen LogP) is 4.23. The van der Waals surface area contributed by atoms with Crippen molar-refractivity contribution in [1.82, 2.24) is 5.43 Å². The molecule has 0 radical (unpaired) electrons. The third-order valence-electron chi connectivity index (χ3n) is 4.43. The first-order chi connectivity index (χ1) is 15.2. The molecular weight excluding hydrogens is 390 g/mol. The van der Waals surface area contributed by atoms with Crippen molar-refractivity contribution >= 4 is 12.1 Å². The van der Waals surface area contributed by atoms with Crippen molar-refractivity contribution in [3.05, 3.63) is 95.1 Å². The molecule has 0 fully saturated rings. The molecule has 0 unspecified atom stereocenters. The molecule has 0 atom stereocenters. The average Bonchev–Trinajstić information content (AvgIpc) is 2.80. The third kappa shape index (κ3) is 6.44. The highest BCUT2D eigenvalue weighted by molar-refractivity contribution is 5.85. The minimum atomic E-state index is -0.221. The quantitative estimate of drug-likeness (QED) is 0.420. The Balaban J connectivity index is 1.57. The van der Waals surface area contributed by atoms with Gasteiger partial charge < -0.3 is 9.47 Å². The van der Waals surface area contributed by atoms with Gasteiger partial charge in [0.1, 0.15) is 18.1 Å². The number of rotatable bonds is 9. The number of nitriles is 1. The molecule has 1 N–H and O–H groups in total. The summed E-state index contributed by atoms with van der Waals surface area (Å²) in [4.78, 5) is 12.2. The number of nitrogens with one attached hydrogen (secondary N) is 1. The molecule has 31 heavy (non-hydrogen) atoms. The molecule has 0 saturated carbocycles. The van der Waals surface area contributed by atoms with Crippen molar-refractivity contribution in [2.24, 2.45) is 5.10 Å². The Morgan fingerprint density at radius 1 is 1.03 bits per heavy atom. The number of hydrogen-bond acceptors (Lipinski definition) is 5. The number of hydrogen-bond donors (Lipinski definition) is 1. The van der Waals surface area contributed by atoms with E-state index in [-0.39, 0.29) is 18.9 Å². The summed E-state index contributed by atoms with van der Waals surface area (Å²) in [5, 5.41) is 13.3. The molecular formula is C25H23N3O3. The average molecular weight is 413 g/mol. The Kier molecular flexibility index (Phi) is 7.78. The molecule has 0 bridgehead atoms. The maximum Gasteiger partial charge on any atom is 0.244 e. The van der Waals surface area contributed by atoms with Crippen LogP contribution in [0.5, 0.6) is 11.5 Å². The van der Waals surface area contributed by atoms with Gasteiger partial charge in [-0.15, -0.1) is 0 Å². The van der Waals surface area contributed by atoms with Crippen molar-refractivity contribution in [3.8, 4) is 17.6 Å². The molecule has 6 nitrogen and oxygen atoms in total. The van der Waals surface area contributed by atoms with E-state index in [1.54, 1.807) is 12.3 Å². The van der Waals surface area contributed by atoms with E-state index < -0.39 is 0 Å². The molecule has 3 aromatic rings. The van der Waals surface area contributed by atoms with Crippen LogP contribution < -0.4 is 14.9 Å². The molecule has 0 saturated heterocycles. The van der Waals surface area contributed by atoms with Crippen LogP contribution in [0.2, 0.25) is 0 Å².